The maximum atomic E-state index is 5.77. The fraction of sp³-hybridized carbons (Fsp3) is 0.333. The van der Waals surface area contributed by atoms with Crippen LogP contribution in [0.2, 0.25) is 5.02 Å². The van der Waals surface area contributed by atoms with Crippen molar-refractivity contribution in [3.05, 3.63) is 29.3 Å². The van der Waals surface area contributed by atoms with E-state index in [9.17, 15) is 0 Å². The summed E-state index contributed by atoms with van der Waals surface area (Å²) in [7, 11) is 0.0555. The van der Waals surface area contributed by atoms with Gasteiger partial charge in [0.15, 0.2) is 0 Å². The summed E-state index contributed by atoms with van der Waals surface area (Å²) in [5, 5.41) is 0.827. The largest absolute Gasteiger partial charge is 0.230 e. The second kappa shape index (κ2) is 4.03. The molecule has 1 unspecified atom stereocenters. The van der Waals surface area contributed by atoms with E-state index in [2.05, 4.69) is 25.3 Å². The average Bonchev–Trinajstić information content (AvgIpc) is 2.05. The molecule has 1 aromatic carbocycles. The van der Waals surface area contributed by atoms with Gasteiger partial charge in [-0.3, -0.25) is 0 Å². The van der Waals surface area contributed by atoms with Crippen LogP contribution in [0.25, 0.3) is 0 Å². The van der Waals surface area contributed by atoms with E-state index in [0.29, 0.717) is 0 Å². The lowest BCUT2D eigenvalue weighted by Gasteiger charge is -2.12. The lowest BCUT2D eigenvalue weighted by molar-refractivity contribution is 1.41. The van der Waals surface area contributed by atoms with Gasteiger partial charge in [0.25, 0.3) is 0 Å². The number of halogens is 1. The summed E-state index contributed by atoms with van der Waals surface area (Å²) in [6.45, 7) is 2.22. The van der Waals surface area contributed by atoms with Crippen molar-refractivity contribution in [2.24, 2.45) is 0 Å². The summed E-state index contributed by atoms with van der Waals surface area (Å²) in [6, 6.07) is 8.17. The van der Waals surface area contributed by atoms with Gasteiger partial charge in [-0.2, -0.15) is 0 Å². The van der Waals surface area contributed by atoms with E-state index in [-0.39, 0.29) is 10.9 Å². The quantitative estimate of drug-likeness (QED) is 0.677. The fourth-order valence-corrected chi connectivity index (χ4v) is 2.03. The predicted octanol–water partition coefficient (Wildman–Crippen LogP) is 3.35. The number of rotatable bonds is 2. The van der Waals surface area contributed by atoms with Crippen LogP contribution in [0.4, 0.5) is 0 Å². The Morgan fingerprint density at radius 3 is 2.27 bits per heavy atom. The highest BCUT2D eigenvalue weighted by Gasteiger charge is 1.96. The highest BCUT2D eigenvalue weighted by atomic mass is 35.5. The summed E-state index contributed by atoms with van der Waals surface area (Å²) in [6.07, 6.45) is 2.29. The monoisotopic (exact) mass is 188 g/mol. The zero-order valence-corrected chi connectivity index (χ0v) is 8.49. The first-order valence-corrected chi connectivity index (χ1v) is 6.06. The molecule has 0 N–H and O–H groups in total. The van der Waals surface area contributed by atoms with Crippen LogP contribution < -0.4 is 0 Å². The van der Waals surface area contributed by atoms with Crippen LogP contribution in [0, 0.1) is 0 Å². The van der Waals surface area contributed by atoms with Gasteiger partial charge in [0.05, 0.1) is 0 Å². The molecular formula is C9H13ClS. The standard InChI is InChI=1S/C9H13ClS/c1-3-11(2)9-6-4-8(10)5-7-9/h4-7,11H,3H2,1-2H3. The zero-order valence-electron chi connectivity index (χ0n) is 6.84. The molecule has 0 radical (unpaired) electrons. The van der Waals surface area contributed by atoms with E-state index >= 15 is 0 Å². The van der Waals surface area contributed by atoms with Gasteiger partial charge in [-0.15, -0.1) is 0 Å². The molecule has 11 heavy (non-hydrogen) atoms. The maximum absolute atomic E-state index is 5.77. The van der Waals surface area contributed by atoms with Crippen molar-refractivity contribution in [2.45, 2.75) is 11.8 Å². The summed E-state index contributed by atoms with van der Waals surface area (Å²) in [5.74, 6) is 1.25. The van der Waals surface area contributed by atoms with Gasteiger partial charge in [0.2, 0.25) is 0 Å². The molecule has 1 aromatic rings. The molecule has 0 spiro atoms. The van der Waals surface area contributed by atoms with Crippen molar-refractivity contribution in [3.8, 4) is 0 Å². The van der Waals surface area contributed by atoms with Crippen LogP contribution in [0.1, 0.15) is 6.92 Å². The Bertz CT molecular complexity index is 218. The molecule has 1 atom stereocenters. The molecular weight excluding hydrogens is 176 g/mol. The number of benzene rings is 1. The lowest BCUT2D eigenvalue weighted by atomic mass is 10.4. The molecule has 62 valence electrons. The van der Waals surface area contributed by atoms with Crippen molar-refractivity contribution in [1.82, 2.24) is 0 Å². The molecule has 0 aliphatic heterocycles. The van der Waals surface area contributed by atoms with Crippen LogP contribution in [-0.2, 0) is 0 Å². The first-order valence-electron chi connectivity index (χ1n) is 3.70. The molecule has 0 nitrogen and oxygen atoms in total. The molecule has 0 saturated carbocycles. The van der Waals surface area contributed by atoms with Gasteiger partial charge in [0.1, 0.15) is 0 Å². The van der Waals surface area contributed by atoms with Crippen LogP contribution in [0.3, 0.4) is 0 Å². The Labute approximate surface area is 75.9 Å². The minimum absolute atomic E-state index is 0.0555. The molecule has 0 fully saturated rings. The lowest BCUT2D eigenvalue weighted by Crippen LogP contribution is -1.82. The minimum atomic E-state index is 0.0555. The normalized spacial score (nSPS) is 14.6. The summed E-state index contributed by atoms with van der Waals surface area (Å²) < 4.78 is 0. The van der Waals surface area contributed by atoms with Crippen LogP contribution in [0.15, 0.2) is 29.2 Å². The summed E-state index contributed by atoms with van der Waals surface area (Å²) in [4.78, 5) is 1.44. The minimum Gasteiger partial charge on any atom is -0.230 e. The Kier molecular flexibility index (Phi) is 3.28. The molecule has 2 heteroatoms. The SMILES string of the molecule is CC[SH](C)c1ccc(Cl)cc1. The third-order valence-corrected chi connectivity index (χ3v) is 4.12. The molecule has 0 aliphatic carbocycles. The molecule has 0 aromatic heterocycles. The van der Waals surface area contributed by atoms with E-state index in [0.717, 1.165) is 5.02 Å². The average molecular weight is 189 g/mol. The van der Waals surface area contributed by atoms with E-state index in [4.69, 9.17) is 11.6 Å². The first kappa shape index (κ1) is 8.95. The van der Waals surface area contributed by atoms with Crippen molar-refractivity contribution >= 4 is 22.5 Å². The first-order chi connectivity index (χ1) is 5.24. The molecule has 0 heterocycles. The van der Waals surface area contributed by atoms with Crippen LogP contribution in [-0.4, -0.2) is 12.0 Å². The molecule has 1 rings (SSSR count). The van der Waals surface area contributed by atoms with Crippen molar-refractivity contribution in [1.29, 1.82) is 0 Å². The van der Waals surface area contributed by atoms with E-state index in [1.165, 1.54) is 10.6 Å². The van der Waals surface area contributed by atoms with E-state index in [1.807, 2.05) is 12.1 Å². The third kappa shape index (κ3) is 2.42. The van der Waals surface area contributed by atoms with Crippen LogP contribution in [0.5, 0.6) is 0 Å². The molecule has 0 saturated heterocycles. The Hall–Kier alpha value is -0.140. The van der Waals surface area contributed by atoms with Crippen LogP contribution >= 0.6 is 22.5 Å². The van der Waals surface area contributed by atoms with Gasteiger partial charge in [0, 0.05) is 5.02 Å². The Morgan fingerprint density at radius 2 is 1.82 bits per heavy atom. The summed E-state index contributed by atoms with van der Waals surface area (Å²) >= 11 is 5.77. The summed E-state index contributed by atoms with van der Waals surface area (Å²) in [5.41, 5.74) is 0. The second-order valence-corrected chi connectivity index (χ2v) is 5.47. The van der Waals surface area contributed by atoms with Gasteiger partial charge >= 0.3 is 0 Å². The molecule has 0 bridgehead atoms. The second-order valence-electron chi connectivity index (χ2n) is 2.49. The van der Waals surface area contributed by atoms with Crippen molar-refractivity contribution < 1.29 is 0 Å². The van der Waals surface area contributed by atoms with Gasteiger partial charge in [-0.1, -0.05) is 18.5 Å². The highest BCUT2D eigenvalue weighted by Crippen LogP contribution is 2.31. The fourth-order valence-electron chi connectivity index (χ4n) is 0.878. The third-order valence-electron chi connectivity index (χ3n) is 1.74. The Morgan fingerprint density at radius 1 is 1.27 bits per heavy atom. The smallest absolute Gasteiger partial charge is 0.0406 e. The number of thiol groups is 1. The van der Waals surface area contributed by atoms with Crippen molar-refractivity contribution in [2.75, 3.05) is 12.0 Å². The maximum Gasteiger partial charge on any atom is 0.0406 e. The Balaban J connectivity index is 2.81. The molecule has 0 aliphatic rings. The number of hydrogen-bond acceptors (Lipinski definition) is 0. The van der Waals surface area contributed by atoms with Gasteiger partial charge in [-0.05, 0) is 41.2 Å². The van der Waals surface area contributed by atoms with Gasteiger partial charge < -0.3 is 0 Å². The van der Waals surface area contributed by atoms with E-state index < -0.39 is 0 Å². The topological polar surface area (TPSA) is 0 Å². The zero-order chi connectivity index (χ0) is 8.27. The van der Waals surface area contributed by atoms with Crippen molar-refractivity contribution in [3.63, 3.8) is 0 Å². The molecule has 0 amide bonds. The van der Waals surface area contributed by atoms with Gasteiger partial charge in [-0.25, -0.2) is 10.9 Å². The van der Waals surface area contributed by atoms with E-state index in [1.54, 1.807) is 0 Å². The predicted molar refractivity (Wildman–Crippen MR) is 55.2 cm³/mol. The highest BCUT2D eigenvalue weighted by molar-refractivity contribution is 8.16. The number of hydrogen-bond donors (Lipinski definition) is 1.